The van der Waals surface area contributed by atoms with Gasteiger partial charge >= 0.3 is 0 Å². The Morgan fingerprint density at radius 2 is 2.07 bits per heavy atom. The van der Waals surface area contributed by atoms with E-state index in [1.165, 1.54) is 6.33 Å². The van der Waals surface area contributed by atoms with E-state index >= 15 is 0 Å². The highest BCUT2D eigenvalue weighted by molar-refractivity contribution is 5.70. The van der Waals surface area contributed by atoms with Crippen LogP contribution in [0, 0.1) is 0 Å². The molecule has 1 aliphatic heterocycles. The van der Waals surface area contributed by atoms with Crippen molar-refractivity contribution in [2.24, 2.45) is 0 Å². The molecule has 1 fully saturated rings. The number of imidazole rings is 1. The van der Waals surface area contributed by atoms with Crippen LogP contribution in [0.25, 0.3) is 11.2 Å². The number of aromatic nitrogens is 4. The van der Waals surface area contributed by atoms with Crippen molar-refractivity contribution in [2.45, 2.75) is 95.7 Å². The highest BCUT2D eigenvalue weighted by Gasteiger charge is 2.50. The lowest BCUT2D eigenvalue weighted by Gasteiger charge is -2.31. The minimum Gasteiger partial charge on any atom is -0.390 e. The van der Waals surface area contributed by atoms with Gasteiger partial charge in [-0.05, 0) is 12.8 Å². The van der Waals surface area contributed by atoms with Crippen molar-refractivity contribution < 1.29 is 14.9 Å². The van der Waals surface area contributed by atoms with Crippen LogP contribution in [-0.2, 0) is 4.74 Å². The molecule has 0 amide bonds. The van der Waals surface area contributed by atoms with Gasteiger partial charge in [-0.25, -0.2) is 4.98 Å². The summed E-state index contributed by atoms with van der Waals surface area (Å²) in [6.07, 6.45) is 6.76. The standard InChI is InChI=1S/C20H33N5O4/c1-3-5-7-9-13(26)16-20(28,10-8-6-4-2)11-14(29-16)25-12-22-15-17(25)23-19(21)24-18(15)27/h12-14,16,26,28H,3-11H2,1-2H3,(H3,21,23,24,27)/t13?,14-,16-,20+/m1/s1. The van der Waals surface area contributed by atoms with E-state index in [0.717, 1.165) is 38.5 Å². The number of ether oxygens (including phenoxy) is 1. The zero-order valence-corrected chi connectivity index (χ0v) is 17.3. The summed E-state index contributed by atoms with van der Waals surface area (Å²) in [5.41, 5.74) is 4.61. The Labute approximate surface area is 170 Å². The molecule has 1 saturated heterocycles. The Hall–Kier alpha value is -1.97. The Balaban J connectivity index is 1.86. The lowest BCUT2D eigenvalue weighted by atomic mass is 9.85. The number of nitrogen functional groups attached to an aromatic ring is 1. The quantitative estimate of drug-likeness (QED) is 0.443. The highest BCUT2D eigenvalue weighted by atomic mass is 16.5. The molecule has 2 aromatic rings. The molecule has 3 rings (SSSR count). The number of nitrogens with one attached hydrogen (secondary N) is 1. The molecule has 0 spiro atoms. The number of rotatable bonds is 10. The maximum Gasteiger partial charge on any atom is 0.280 e. The fraction of sp³-hybridized carbons (Fsp3) is 0.750. The summed E-state index contributed by atoms with van der Waals surface area (Å²) in [7, 11) is 0. The summed E-state index contributed by atoms with van der Waals surface area (Å²) < 4.78 is 7.79. The normalized spacial score (nSPS) is 25.7. The van der Waals surface area contributed by atoms with Crippen LogP contribution in [0.15, 0.2) is 11.1 Å². The number of unbranched alkanes of at least 4 members (excludes halogenated alkanes) is 4. The Morgan fingerprint density at radius 1 is 1.34 bits per heavy atom. The molecule has 9 heteroatoms. The number of fused-ring (bicyclic) bond motifs is 1. The first kappa shape index (κ1) is 21.7. The van der Waals surface area contributed by atoms with Crippen LogP contribution in [0.2, 0.25) is 0 Å². The highest BCUT2D eigenvalue weighted by Crippen LogP contribution is 2.43. The van der Waals surface area contributed by atoms with E-state index in [1.807, 2.05) is 0 Å². The zero-order valence-electron chi connectivity index (χ0n) is 17.3. The number of aliphatic hydroxyl groups excluding tert-OH is 1. The fourth-order valence-electron chi connectivity index (χ4n) is 4.21. The van der Waals surface area contributed by atoms with Crippen LogP contribution in [-0.4, -0.2) is 47.5 Å². The first-order valence-electron chi connectivity index (χ1n) is 10.7. The summed E-state index contributed by atoms with van der Waals surface area (Å²) in [6.45, 7) is 4.22. The third-order valence-electron chi connectivity index (χ3n) is 5.79. The Morgan fingerprint density at radius 3 is 2.79 bits per heavy atom. The van der Waals surface area contributed by atoms with Crippen LogP contribution < -0.4 is 11.3 Å². The van der Waals surface area contributed by atoms with Gasteiger partial charge in [-0.1, -0.05) is 52.4 Å². The average molecular weight is 408 g/mol. The number of aromatic amines is 1. The van der Waals surface area contributed by atoms with Crippen molar-refractivity contribution in [3.05, 3.63) is 16.7 Å². The molecule has 162 valence electrons. The van der Waals surface area contributed by atoms with Gasteiger partial charge < -0.3 is 20.7 Å². The second kappa shape index (κ2) is 9.23. The van der Waals surface area contributed by atoms with E-state index in [2.05, 4.69) is 28.8 Å². The van der Waals surface area contributed by atoms with Gasteiger partial charge in [0.05, 0.1) is 18.0 Å². The van der Waals surface area contributed by atoms with Crippen molar-refractivity contribution in [1.82, 2.24) is 19.5 Å². The minimum atomic E-state index is -1.14. The first-order valence-corrected chi connectivity index (χ1v) is 10.7. The van der Waals surface area contributed by atoms with Gasteiger partial charge in [0.2, 0.25) is 5.95 Å². The van der Waals surface area contributed by atoms with E-state index in [1.54, 1.807) is 4.57 Å². The number of nitrogens with zero attached hydrogens (tertiary/aromatic N) is 3. The molecule has 5 N–H and O–H groups in total. The average Bonchev–Trinajstić information content (AvgIpc) is 3.23. The van der Waals surface area contributed by atoms with Crippen molar-refractivity contribution in [2.75, 3.05) is 5.73 Å². The Bertz CT molecular complexity index is 866. The number of H-pyrrole nitrogens is 1. The molecule has 0 aromatic carbocycles. The number of anilines is 1. The van der Waals surface area contributed by atoms with Gasteiger partial charge in [0.1, 0.15) is 12.3 Å². The van der Waals surface area contributed by atoms with E-state index in [0.29, 0.717) is 24.9 Å². The van der Waals surface area contributed by atoms with Crippen molar-refractivity contribution in [3.8, 4) is 0 Å². The van der Waals surface area contributed by atoms with Crippen LogP contribution in [0.3, 0.4) is 0 Å². The number of hydrogen-bond donors (Lipinski definition) is 4. The van der Waals surface area contributed by atoms with Crippen molar-refractivity contribution in [3.63, 3.8) is 0 Å². The summed E-state index contributed by atoms with van der Waals surface area (Å²) in [4.78, 5) is 22.8. The minimum absolute atomic E-state index is 0.00314. The molecular weight excluding hydrogens is 374 g/mol. The largest absolute Gasteiger partial charge is 0.390 e. The van der Waals surface area contributed by atoms with E-state index in [9.17, 15) is 15.0 Å². The summed E-state index contributed by atoms with van der Waals surface area (Å²) in [5, 5.41) is 22.2. The third-order valence-corrected chi connectivity index (χ3v) is 5.79. The SMILES string of the molecule is CCCCCC(O)[C@H]1O[C@@H](n2cnc3c(=O)[nH]c(N)nc32)C[C@@]1(O)CCCCC. The van der Waals surface area contributed by atoms with Crippen LogP contribution >= 0.6 is 0 Å². The van der Waals surface area contributed by atoms with E-state index in [4.69, 9.17) is 10.5 Å². The third kappa shape index (κ3) is 4.62. The first-order chi connectivity index (χ1) is 13.9. The summed E-state index contributed by atoms with van der Waals surface area (Å²) in [5.74, 6) is -0.00314. The van der Waals surface area contributed by atoms with Crippen LogP contribution in [0.1, 0.15) is 77.9 Å². The number of nitrogens with two attached hydrogens (primary N) is 1. The molecular formula is C20H33N5O4. The predicted octanol–water partition coefficient (Wildman–Crippen LogP) is 2.24. The zero-order chi connectivity index (χ0) is 21.0. The molecule has 0 bridgehead atoms. The lowest BCUT2D eigenvalue weighted by molar-refractivity contribution is -0.120. The Kier molecular flexibility index (Phi) is 6.92. The van der Waals surface area contributed by atoms with Gasteiger partial charge in [-0.2, -0.15) is 4.98 Å². The van der Waals surface area contributed by atoms with Crippen molar-refractivity contribution >= 4 is 17.1 Å². The molecule has 4 atom stereocenters. The van der Waals surface area contributed by atoms with Gasteiger partial charge in [0.25, 0.3) is 5.56 Å². The van der Waals surface area contributed by atoms with Crippen LogP contribution in [0.5, 0.6) is 0 Å². The number of aliphatic hydroxyl groups is 2. The lowest BCUT2D eigenvalue weighted by Crippen LogP contribution is -2.45. The number of hydrogen-bond acceptors (Lipinski definition) is 7. The predicted molar refractivity (Wildman–Crippen MR) is 110 cm³/mol. The molecule has 1 aliphatic rings. The molecule has 29 heavy (non-hydrogen) atoms. The second-order valence-corrected chi connectivity index (χ2v) is 8.11. The van der Waals surface area contributed by atoms with E-state index < -0.39 is 29.6 Å². The van der Waals surface area contributed by atoms with Gasteiger partial charge in [-0.15, -0.1) is 0 Å². The smallest absolute Gasteiger partial charge is 0.280 e. The topological polar surface area (TPSA) is 139 Å². The fourth-order valence-corrected chi connectivity index (χ4v) is 4.21. The summed E-state index contributed by atoms with van der Waals surface area (Å²) >= 11 is 0. The maximum absolute atomic E-state index is 12.1. The molecule has 0 saturated carbocycles. The van der Waals surface area contributed by atoms with Crippen LogP contribution in [0.4, 0.5) is 5.95 Å². The summed E-state index contributed by atoms with van der Waals surface area (Å²) in [6, 6.07) is 0. The van der Waals surface area contributed by atoms with Gasteiger partial charge in [0, 0.05) is 6.42 Å². The maximum atomic E-state index is 12.1. The molecule has 0 aliphatic carbocycles. The van der Waals surface area contributed by atoms with Gasteiger partial charge in [-0.3, -0.25) is 14.3 Å². The molecule has 3 heterocycles. The molecule has 2 aromatic heterocycles. The monoisotopic (exact) mass is 407 g/mol. The second-order valence-electron chi connectivity index (χ2n) is 8.11. The van der Waals surface area contributed by atoms with E-state index in [-0.39, 0.29) is 11.5 Å². The molecule has 1 unspecified atom stereocenters. The molecule has 9 nitrogen and oxygen atoms in total. The van der Waals surface area contributed by atoms with Crippen molar-refractivity contribution in [1.29, 1.82) is 0 Å². The molecule has 0 radical (unpaired) electrons. The van der Waals surface area contributed by atoms with Gasteiger partial charge in [0.15, 0.2) is 11.2 Å².